The van der Waals surface area contributed by atoms with Crippen molar-refractivity contribution in [3.8, 4) is 17.6 Å². The van der Waals surface area contributed by atoms with Crippen LogP contribution in [0.3, 0.4) is 0 Å². The number of nitrogens with zero attached hydrogens (tertiary/aromatic N) is 2. The molecule has 6 heteroatoms. The lowest BCUT2D eigenvalue weighted by Crippen LogP contribution is -2.21. The molecule has 32 heavy (non-hydrogen) atoms. The van der Waals surface area contributed by atoms with Gasteiger partial charge in [0.05, 0.1) is 36.4 Å². The van der Waals surface area contributed by atoms with E-state index < -0.39 is 5.97 Å². The number of rotatable bonds is 5. The lowest BCUT2D eigenvalue weighted by molar-refractivity contribution is 0.0697. The first-order valence-corrected chi connectivity index (χ1v) is 9.97. The van der Waals surface area contributed by atoms with Crippen LogP contribution >= 0.6 is 0 Å². The molecule has 0 saturated carbocycles. The van der Waals surface area contributed by atoms with E-state index in [1.807, 2.05) is 30.3 Å². The van der Waals surface area contributed by atoms with Crippen LogP contribution in [0.1, 0.15) is 27.0 Å². The number of ether oxygens (including phenoxy) is 1. The number of hydrogen-bond donors (Lipinski definition) is 1. The predicted octanol–water partition coefficient (Wildman–Crippen LogP) is 3.75. The van der Waals surface area contributed by atoms with E-state index in [-0.39, 0.29) is 11.1 Å². The number of benzene rings is 3. The lowest BCUT2D eigenvalue weighted by Gasteiger charge is -2.07. The van der Waals surface area contributed by atoms with Gasteiger partial charge in [-0.1, -0.05) is 36.1 Å². The molecule has 0 radical (unpaired) electrons. The molecule has 4 rings (SSSR count). The number of carboxylic acid groups (broad SMARTS) is 1. The zero-order valence-corrected chi connectivity index (χ0v) is 17.4. The Kier molecular flexibility index (Phi) is 6.00. The summed E-state index contributed by atoms with van der Waals surface area (Å²) in [4.78, 5) is 28.4. The summed E-state index contributed by atoms with van der Waals surface area (Å²) in [5.41, 5.74) is 3.24. The molecule has 0 aliphatic rings. The van der Waals surface area contributed by atoms with Crippen molar-refractivity contribution in [1.82, 2.24) is 9.55 Å². The maximum Gasteiger partial charge on any atom is 0.335 e. The number of carbonyl (C=O) groups is 1. The van der Waals surface area contributed by atoms with E-state index in [1.54, 1.807) is 31.4 Å². The number of aromatic nitrogens is 2. The monoisotopic (exact) mass is 424 g/mol. The van der Waals surface area contributed by atoms with Crippen LogP contribution in [0, 0.1) is 11.8 Å². The predicted molar refractivity (Wildman–Crippen MR) is 122 cm³/mol. The van der Waals surface area contributed by atoms with Crippen LogP contribution in [-0.2, 0) is 13.0 Å². The smallest absolute Gasteiger partial charge is 0.335 e. The van der Waals surface area contributed by atoms with Gasteiger partial charge in [0.1, 0.15) is 5.75 Å². The van der Waals surface area contributed by atoms with E-state index in [0.29, 0.717) is 23.9 Å². The van der Waals surface area contributed by atoms with Crippen LogP contribution in [-0.4, -0.2) is 27.7 Å². The summed E-state index contributed by atoms with van der Waals surface area (Å²) in [7, 11) is 1.63. The average molecular weight is 424 g/mol. The zero-order chi connectivity index (χ0) is 22.5. The highest BCUT2D eigenvalue weighted by Crippen LogP contribution is 2.13. The Balaban J connectivity index is 1.57. The molecule has 0 aliphatic heterocycles. The fourth-order valence-corrected chi connectivity index (χ4v) is 3.33. The number of hydrogen-bond acceptors (Lipinski definition) is 4. The molecule has 0 amide bonds. The Morgan fingerprint density at radius 1 is 1.06 bits per heavy atom. The van der Waals surface area contributed by atoms with Crippen molar-refractivity contribution in [2.75, 3.05) is 7.11 Å². The van der Waals surface area contributed by atoms with Crippen LogP contribution in [0.15, 0.2) is 77.9 Å². The number of carboxylic acids is 1. The highest BCUT2D eigenvalue weighted by atomic mass is 16.5. The average Bonchev–Trinajstić information content (AvgIpc) is 2.81. The third kappa shape index (κ3) is 4.68. The van der Waals surface area contributed by atoms with Crippen LogP contribution < -0.4 is 10.3 Å². The van der Waals surface area contributed by atoms with E-state index in [2.05, 4.69) is 16.8 Å². The summed E-state index contributed by atoms with van der Waals surface area (Å²) < 4.78 is 6.74. The van der Waals surface area contributed by atoms with Gasteiger partial charge in [-0.15, -0.1) is 0 Å². The van der Waals surface area contributed by atoms with Crippen LogP contribution in [0.4, 0.5) is 0 Å². The molecule has 6 nitrogen and oxygen atoms in total. The topological polar surface area (TPSA) is 81.4 Å². The van der Waals surface area contributed by atoms with Gasteiger partial charge in [-0.05, 0) is 53.6 Å². The van der Waals surface area contributed by atoms with E-state index in [0.717, 1.165) is 22.4 Å². The molecule has 4 aromatic rings. The van der Waals surface area contributed by atoms with Gasteiger partial charge in [0, 0.05) is 12.0 Å². The van der Waals surface area contributed by atoms with Crippen molar-refractivity contribution in [1.29, 1.82) is 0 Å². The van der Waals surface area contributed by atoms with Gasteiger partial charge in [0.15, 0.2) is 0 Å². The van der Waals surface area contributed by atoms with Crippen LogP contribution in [0.25, 0.3) is 10.9 Å². The highest BCUT2D eigenvalue weighted by molar-refractivity contribution is 5.87. The first-order valence-electron chi connectivity index (χ1n) is 9.97. The molecule has 0 atom stereocenters. The molecule has 0 aliphatic carbocycles. The van der Waals surface area contributed by atoms with Crippen molar-refractivity contribution >= 4 is 16.9 Å². The summed E-state index contributed by atoms with van der Waals surface area (Å²) in [5, 5.41) is 9.51. The number of methoxy groups -OCH3 is 1. The van der Waals surface area contributed by atoms with Gasteiger partial charge in [-0.25, -0.2) is 9.78 Å². The fraction of sp³-hybridized carbons (Fsp3) is 0.115. The minimum absolute atomic E-state index is 0.172. The van der Waals surface area contributed by atoms with Crippen molar-refractivity contribution in [2.24, 2.45) is 0 Å². The van der Waals surface area contributed by atoms with Gasteiger partial charge >= 0.3 is 5.97 Å². The van der Waals surface area contributed by atoms with E-state index >= 15 is 0 Å². The minimum atomic E-state index is -0.985. The van der Waals surface area contributed by atoms with E-state index in [4.69, 9.17) is 9.84 Å². The van der Waals surface area contributed by atoms with Crippen LogP contribution in [0.2, 0.25) is 0 Å². The standard InChI is InChI=1S/C26H20N2O4/c1-32-22-7-3-6-18(14-22)4-2-5-19-10-13-24-23(15-19)25(29)28(17-27-24)16-20-8-11-21(12-9-20)26(30)31/h3,6-15,17H,4,16H2,1H3,(H,30,31). The van der Waals surface area contributed by atoms with Crippen LogP contribution in [0.5, 0.6) is 5.75 Å². The molecule has 0 saturated heterocycles. The first kappa shape index (κ1) is 20.9. The summed E-state index contributed by atoms with van der Waals surface area (Å²) in [5.74, 6) is 6.06. The summed E-state index contributed by atoms with van der Waals surface area (Å²) >= 11 is 0. The fourth-order valence-electron chi connectivity index (χ4n) is 3.33. The Hall–Kier alpha value is -4.37. The first-order chi connectivity index (χ1) is 15.5. The van der Waals surface area contributed by atoms with Crippen molar-refractivity contribution in [2.45, 2.75) is 13.0 Å². The van der Waals surface area contributed by atoms with Crippen molar-refractivity contribution in [3.05, 3.63) is 106 Å². The number of fused-ring (bicyclic) bond motifs is 1. The molecule has 0 bridgehead atoms. The van der Waals surface area contributed by atoms with Gasteiger partial charge in [-0.3, -0.25) is 9.36 Å². The van der Waals surface area contributed by atoms with Gasteiger partial charge < -0.3 is 9.84 Å². The molecule has 1 N–H and O–H groups in total. The Bertz CT molecular complexity index is 1410. The van der Waals surface area contributed by atoms with E-state index in [9.17, 15) is 9.59 Å². The largest absolute Gasteiger partial charge is 0.497 e. The third-order valence-corrected chi connectivity index (χ3v) is 5.04. The van der Waals surface area contributed by atoms with Gasteiger partial charge in [0.2, 0.25) is 0 Å². The maximum atomic E-state index is 13.0. The van der Waals surface area contributed by atoms with Gasteiger partial charge in [0.25, 0.3) is 5.56 Å². The number of aromatic carboxylic acids is 1. The normalized spacial score (nSPS) is 10.4. The molecule has 3 aromatic carbocycles. The SMILES string of the molecule is COc1cccc(CC#Cc2ccc3ncn(Cc4ccc(C(=O)O)cc4)c(=O)c3c2)c1. The summed E-state index contributed by atoms with van der Waals surface area (Å²) in [6.07, 6.45) is 2.07. The second-order valence-corrected chi connectivity index (χ2v) is 7.24. The Morgan fingerprint density at radius 3 is 2.62 bits per heavy atom. The Morgan fingerprint density at radius 2 is 1.88 bits per heavy atom. The molecular weight excluding hydrogens is 404 g/mol. The highest BCUT2D eigenvalue weighted by Gasteiger charge is 2.07. The maximum absolute atomic E-state index is 13.0. The zero-order valence-electron chi connectivity index (χ0n) is 17.4. The second kappa shape index (κ2) is 9.19. The van der Waals surface area contributed by atoms with E-state index in [1.165, 1.54) is 23.0 Å². The molecular formula is C26H20N2O4. The molecule has 0 unspecified atom stereocenters. The van der Waals surface area contributed by atoms with Gasteiger partial charge in [-0.2, -0.15) is 0 Å². The quantitative estimate of drug-likeness (QED) is 0.494. The molecule has 0 fully saturated rings. The third-order valence-electron chi connectivity index (χ3n) is 5.04. The van der Waals surface area contributed by atoms with Crippen molar-refractivity contribution in [3.63, 3.8) is 0 Å². The summed E-state index contributed by atoms with van der Waals surface area (Å²) in [6, 6.07) is 19.6. The second-order valence-electron chi connectivity index (χ2n) is 7.24. The molecule has 0 spiro atoms. The Labute approximate surface area is 184 Å². The molecule has 1 aromatic heterocycles. The van der Waals surface area contributed by atoms with Crippen molar-refractivity contribution < 1.29 is 14.6 Å². The summed E-state index contributed by atoms with van der Waals surface area (Å²) in [6.45, 7) is 0.299. The molecule has 1 heterocycles. The minimum Gasteiger partial charge on any atom is -0.497 e. The lowest BCUT2D eigenvalue weighted by atomic mass is 10.1. The molecule has 158 valence electrons.